The van der Waals surface area contributed by atoms with Gasteiger partial charge in [0.05, 0.1) is 27.8 Å². The molecule has 82 heavy (non-hydrogen) atoms. The number of aromatic nitrogens is 6. The lowest BCUT2D eigenvalue weighted by atomic mass is 9.81. The summed E-state index contributed by atoms with van der Waals surface area (Å²) in [6, 6.07) is 92.1. The van der Waals surface area contributed by atoms with Crippen molar-refractivity contribution in [1.29, 1.82) is 0 Å². The second-order valence-electron chi connectivity index (χ2n) is 23.1. The molecule has 14 aromatic rings. The van der Waals surface area contributed by atoms with Crippen molar-refractivity contribution in [2.45, 2.75) is 38.5 Å². The van der Waals surface area contributed by atoms with Gasteiger partial charge >= 0.3 is 0 Å². The first-order chi connectivity index (χ1) is 40.2. The molecular weight excluding hydrogens is 997 g/mol. The first kappa shape index (κ1) is 47.7. The van der Waals surface area contributed by atoms with Gasteiger partial charge in [-0.2, -0.15) is 4.57 Å². The molecular formula is C76H55N6+. The van der Waals surface area contributed by atoms with Crippen molar-refractivity contribution in [3.63, 3.8) is 0 Å². The van der Waals surface area contributed by atoms with E-state index in [0.717, 1.165) is 106 Å². The first-order valence-electron chi connectivity index (χ1n) is 28.3. The fraction of sp³-hybridized carbons (Fsp3) is 0.0789. The normalized spacial score (nSPS) is 13.6. The van der Waals surface area contributed by atoms with Crippen molar-refractivity contribution >= 4 is 33.0 Å². The molecule has 16 rings (SSSR count). The maximum Gasteiger partial charge on any atom is 0.292 e. The van der Waals surface area contributed by atoms with E-state index in [1.54, 1.807) is 0 Å². The summed E-state index contributed by atoms with van der Waals surface area (Å²) < 4.78 is 4.56. The van der Waals surface area contributed by atoms with Gasteiger partial charge in [-0.25, -0.2) is 19.9 Å². The van der Waals surface area contributed by atoms with Gasteiger partial charge in [-0.05, 0) is 146 Å². The Morgan fingerprint density at radius 3 is 1.66 bits per heavy atom. The molecule has 0 saturated heterocycles. The van der Waals surface area contributed by atoms with E-state index < -0.39 is 0 Å². The average molecular weight is 1050 g/mol. The Morgan fingerprint density at radius 2 is 0.939 bits per heavy atom. The minimum Gasteiger partial charge on any atom is -0.292 e. The van der Waals surface area contributed by atoms with Crippen LogP contribution in [-0.4, -0.2) is 24.5 Å². The molecule has 0 atom stereocenters. The van der Waals surface area contributed by atoms with Crippen LogP contribution in [0, 0.1) is 0 Å². The van der Waals surface area contributed by atoms with Gasteiger partial charge in [0.25, 0.3) is 5.82 Å². The molecule has 0 radical (unpaired) electrons. The summed E-state index contributed by atoms with van der Waals surface area (Å²) in [7, 11) is 0. The zero-order valence-corrected chi connectivity index (χ0v) is 46.0. The van der Waals surface area contributed by atoms with E-state index in [9.17, 15) is 0 Å². The highest BCUT2D eigenvalue weighted by Gasteiger charge is 2.37. The zero-order chi connectivity index (χ0) is 54.8. The smallest absolute Gasteiger partial charge is 0.292 e. The van der Waals surface area contributed by atoms with Gasteiger partial charge in [0, 0.05) is 44.2 Å². The molecule has 0 saturated carbocycles. The zero-order valence-electron chi connectivity index (χ0n) is 46.0. The maximum atomic E-state index is 5.72. The van der Waals surface area contributed by atoms with E-state index in [1.807, 2.05) is 0 Å². The number of rotatable bonds is 8. The van der Waals surface area contributed by atoms with Gasteiger partial charge in [-0.15, -0.1) is 0 Å². The van der Waals surface area contributed by atoms with Gasteiger partial charge in [-0.3, -0.25) is 4.57 Å². The van der Waals surface area contributed by atoms with Crippen LogP contribution in [0.5, 0.6) is 0 Å². The fourth-order valence-electron chi connectivity index (χ4n) is 13.5. The summed E-state index contributed by atoms with van der Waals surface area (Å²) in [4.78, 5) is 20.4. The van der Waals surface area contributed by atoms with Gasteiger partial charge in [0.15, 0.2) is 16.9 Å². The van der Waals surface area contributed by atoms with Crippen molar-refractivity contribution < 1.29 is 4.57 Å². The molecule has 11 aromatic carbocycles. The van der Waals surface area contributed by atoms with E-state index in [-0.39, 0.29) is 10.8 Å². The topological polar surface area (TPSA) is 63.3 Å². The Bertz CT molecular complexity index is 4890. The average Bonchev–Trinajstić information content (AvgIpc) is 3.93. The lowest BCUT2D eigenvalue weighted by Crippen LogP contribution is -2.31. The first-order valence-corrected chi connectivity index (χ1v) is 28.3. The third kappa shape index (κ3) is 7.34. The summed E-state index contributed by atoms with van der Waals surface area (Å²) in [5.74, 6) is 2.52. The third-order valence-corrected chi connectivity index (χ3v) is 17.7. The fourth-order valence-corrected chi connectivity index (χ4v) is 13.5. The Labute approximate surface area is 476 Å². The van der Waals surface area contributed by atoms with Crippen LogP contribution in [0.3, 0.4) is 0 Å². The molecule has 0 unspecified atom stereocenters. The van der Waals surface area contributed by atoms with Gasteiger partial charge in [-0.1, -0.05) is 198 Å². The van der Waals surface area contributed by atoms with Crippen LogP contribution in [0.2, 0.25) is 0 Å². The monoisotopic (exact) mass is 1050 g/mol. The minimum absolute atomic E-state index is 0.167. The Balaban J connectivity index is 0.921. The molecule has 388 valence electrons. The second-order valence-corrected chi connectivity index (χ2v) is 23.1. The highest BCUT2D eigenvalue weighted by molar-refractivity contribution is 6.05. The predicted octanol–water partition coefficient (Wildman–Crippen LogP) is 18.3. The Hall–Kier alpha value is -10.3. The molecule has 1 N–H and O–H groups in total. The van der Waals surface area contributed by atoms with Crippen LogP contribution in [0.1, 0.15) is 49.9 Å². The molecule has 6 nitrogen and oxygen atoms in total. The largest absolute Gasteiger partial charge is 0.292 e. The van der Waals surface area contributed by atoms with Crippen molar-refractivity contribution in [3.8, 4) is 101 Å². The number of benzene rings is 11. The SMILES string of the molecule is CC1(C)c2ccccc2-c2ccc(-c3cc(-c4ccc5c(c4)C(C)(C)c4ccccc4-5)c4nc(-c5ccc(-c6[nH]c7ccccc7[n+]6-c6ccccc6)cc5)nc(-c5ccc(-c6nc7ccccc7n6-c6ccccc6)cc5)c4c3)cc21. The number of H-pyrrole nitrogens is 1. The highest BCUT2D eigenvalue weighted by atomic mass is 15.1. The van der Waals surface area contributed by atoms with E-state index in [1.165, 1.54) is 44.5 Å². The number of hydrogen-bond donors (Lipinski definition) is 1. The van der Waals surface area contributed by atoms with Crippen molar-refractivity contribution in [2.24, 2.45) is 0 Å². The number of nitrogens with one attached hydrogen (secondary N) is 1. The van der Waals surface area contributed by atoms with Gasteiger partial charge < -0.3 is 0 Å². The summed E-state index contributed by atoms with van der Waals surface area (Å²) in [5, 5.41) is 0.977. The molecule has 3 aromatic heterocycles. The summed E-state index contributed by atoms with van der Waals surface area (Å²) in [6.07, 6.45) is 0. The molecule has 0 amide bonds. The summed E-state index contributed by atoms with van der Waals surface area (Å²) in [5.41, 5.74) is 26.7. The molecule has 0 aliphatic heterocycles. The number of imidazole rings is 2. The predicted molar refractivity (Wildman–Crippen MR) is 335 cm³/mol. The van der Waals surface area contributed by atoms with E-state index in [2.05, 4.69) is 297 Å². The Kier molecular flexibility index (Phi) is 10.5. The molecule has 0 bridgehead atoms. The molecule has 3 heterocycles. The number of nitrogens with zero attached hydrogens (tertiary/aromatic N) is 5. The van der Waals surface area contributed by atoms with Crippen LogP contribution in [-0.2, 0) is 10.8 Å². The van der Waals surface area contributed by atoms with Crippen LogP contribution in [0.4, 0.5) is 0 Å². The van der Waals surface area contributed by atoms with Gasteiger partial charge in [0.2, 0.25) is 0 Å². The van der Waals surface area contributed by atoms with Crippen LogP contribution < -0.4 is 4.57 Å². The molecule has 2 aliphatic carbocycles. The summed E-state index contributed by atoms with van der Waals surface area (Å²) >= 11 is 0. The minimum atomic E-state index is -0.199. The lowest BCUT2D eigenvalue weighted by Gasteiger charge is -2.23. The van der Waals surface area contributed by atoms with Crippen LogP contribution in [0.15, 0.2) is 255 Å². The number of hydrogen-bond acceptors (Lipinski definition) is 3. The van der Waals surface area contributed by atoms with Crippen molar-refractivity contribution in [2.75, 3.05) is 0 Å². The van der Waals surface area contributed by atoms with E-state index >= 15 is 0 Å². The number of para-hydroxylation sites is 6. The third-order valence-electron chi connectivity index (χ3n) is 17.7. The van der Waals surface area contributed by atoms with E-state index in [4.69, 9.17) is 15.0 Å². The van der Waals surface area contributed by atoms with E-state index in [0.29, 0.717) is 5.82 Å². The Morgan fingerprint density at radius 1 is 0.390 bits per heavy atom. The highest BCUT2D eigenvalue weighted by Crippen LogP contribution is 2.52. The molecule has 0 fully saturated rings. The quantitative estimate of drug-likeness (QED) is 0.154. The maximum absolute atomic E-state index is 5.72. The summed E-state index contributed by atoms with van der Waals surface area (Å²) in [6.45, 7) is 9.44. The number of fused-ring (bicyclic) bond motifs is 9. The van der Waals surface area contributed by atoms with Gasteiger partial charge in [0.1, 0.15) is 11.5 Å². The van der Waals surface area contributed by atoms with Crippen LogP contribution >= 0.6 is 0 Å². The standard InChI is InChI=1S/C76H54N6/c1-75(2)62-25-13-11-23-56(62)58-41-39-51(45-64(58)75)53-43-60(52-40-42-59-57-24-12-14-26-63(57)76(3,4)65(59)46-52)71-61(44-53)70(47-31-35-49(36-32-47)73-77-66-27-15-17-29-68(66)81(73)54-19-7-5-8-20-54)79-72(80-71)48-33-37-50(38-34-48)74-78-67-28-16-18-30-69(67)82(74)55-21-9-6-10-22-55/h5-46H,1-4H3/p+1. The molecule has 0 spiro atoms. The number of aromatic amines is 1. The second kappa shape index (κ2) is 18.1. The molecule has 2 aliphatic rings. The van der Waals surface area contributed by atoms with Crippen molar-refractivity contribution in [3.05, 3.63) is 277 Å². The van der Waals surface area contributed by atoms with Crippen LogP contribution in [0.25, 0.3) is 134 Å². The lowest BCUT2D eigenvalue weighted by molar-refractivity contribution is -0.554. The molecule has 6 heteroatoms. The van der Waals surface area contributed by atoms with Crippen molar-refractivity contribution in [1.82, 2.24) is 24.5 Å².